The standard InChI is InChI=1S/C24H24N2O/c1-18(21-14-12-19-8-3-2-4-10-22(19)21)25-17-7-9-20-13-15-24(27-20)23-11-5-6-16-26-23/h2-6,8,10-16,18,25H,7,9,17H2,1H3. The monoisotopic (exact) mass is 356 g/mol. The molecule has 0 amide bonds. The molecule has 0 aromatic carbocycles. The first-order valence-electron chi connectivity index (χ1n) is 9.52. The fraction of sp³-hybridized carbons (Fsp3) is 0.208. The minimum Gasteiger partial charge on any atom is -0.459 e. The Hall–Kier alpha value is -2.91. The molecule has 2 aliphatic carbocycles. The van der Waals surface area contributed by atoms with Gasteiger partial charge in [-0.05, 0) is 60.8 Å². The molecule has 0 bridgehead atoms. The SMILES string of the molecule is CC(NCCCc1ccc(-c2ccccn2)o1)c1ccc2cccccc1-2. The average molecular weight is 356 g/mol. The number of nitrogens with one attached hydrogen (secondary N) is 1. The number of aromatic nitrogens is 1. The summed E-state index contributed by atoms with van der Waals surface area (Å²) in [5, 5.41) is 3.64. The van der Waals surface area contributed by atoms with Gasteiger partial charge in [-0.15, -0.1) is 0 Å². The molecule has 1 unspecified atom stereocenters. The molecule has 0 spiro atoms. The van der Waals surface area contributed by atoms with E-state index in [-0.39, 0.29) is 0 Å². The van der Waals surface area contributed by atoms with E-state index in [2.05, 4.69) is 65.8 Å². The van der Waals surface area contributed by atoms with Crippen LogP contribution in [0.25, 0.3) is 22.6 Å². The second kappa shape index (κ2) is 8.19. The quantitative estimate of drug-likeness (QED) is 0.430. The molecule has 1 N–H and O–H groups in total. The minimum atomic E-state index is 0.325. The lowest BCUT2D eigenvalue weighted by molar-refractivity contribution is 0.494. The van der Waals surface area contributed by atoms with Crippen molar-refractivity contribution in [1.29, 1.82) is 0 Å². The van der Waals surface area contributed by atoms with E-state index in [1.165, 1.54) is 16.7 Å². The van der Waals surface area contributed by atoms with Gasteiger partial charge in [0.1, 0.15) is 11.5 Å². The predicted octanol–water partition coefficient (Wildman–Crippen LogP) is 5.73. The van der Waals surface area contributed by atoms with Crippen LogP contribution in [0.3, 0.4) is 0 Å². The third-order valence-electron chi connectivity index (χ3n) is 4.92. The summed E-state index contributed by atoms with van der Waals surface area (Å²) in [4.78, 5) is 4.33. The van der Waals surface area contributed by atoms with Gasteiger partial charge in [0.25, 0.3) is 0 Å². The summed E-state index contributed by atoms with van der Waals surface area (Å²) in [5.41, 5.74) is 4.86. The Morgan fingerprint density at radius 1 is 0.926 bits per heavy atom. The molecule has 3 heteroatoms. The molecule has 2 heterocycles. The minimum absolute atomic E-state index is 0.325. The van der Waals surface area contributed by atoms with Gasteiger partial charge in [0.15, 0.2) is 5.76 Å². The summed E-state index contributed by atoms with van der Waals surface area (Å²) in [6.45, 7) is 3.18. The Kier molecular flexibility index (Phi) is 5.31. The van der Waals surface area contributed by atoms with Crippen LogP contribution in [0.2, 0.25) is 0 Å². The topological polar surface area (TPSA) is 38.1 Å². The van der Waals surface area contributed by atoms with Crippen molar-refractivity contribution in [2.24, 2.45) is 0 Å². The molecule has 2 aliphatic rings. The van der Waals surface area contributed by atoms with E-state index < -0.39 is 0 Å². The fourth-order valence-electron chi connectivity index (χ4n) is 3.47. The van der Waals surface area contributed by atoms with Gasteiger partial charge in [-0.1, -0.05) is 48.5 Å². The predicted molar refractivity (Wildman–Crippen MR) is 110 cm³/mol. The second-order valence-corrected chi connectivity index (χ2v) is 6.83. The molecule has 1 atom stereocenters. The number of aryl methyl sites for hydroxylation is 1. The molecular formula is C24H24N2O. The summed E-state index contributed by atoms with van der Waals surface area (Å²) in [6.07, 6.45) is 3.74. The van der Waals surface area contributed by atoms with E-state index in [0.29, 0.717) is 6.04 Å². The van der Waals surface area contributed by atoms with E-state index in [1.807, 2.05) is 24.3 Å². The maximum atomic E-state index is 5.93. The summed E-state index contributed by atoms with van der Waals surface area (Å²) >= 11 is 0. The van der Waals surface area contributed by atoms with Crippen molar-refractivity contribution in [2.45, 2.75) is 25.8 Å². The first kappa shape index (κ1) is 17.5. The van der Waals surface area contributed by atoms with Gasteiger partial charge in [-0.3, -0.25) is 4.98 Å². The normalized spacial score (nSPS) is 12.3. The first-order chi connectivity index (χ1) is 13.3. The maximum Gasteiger partial charge on any atom is 0.152 e. The van der Waals surface area contributed by atoms with E-state index in [1.54, 1.807) is 6.20 Å². The third kappa shape index (κ3) is 4.09. The van der Waals surface area contributed by atoms with Gasteiger partial charge in [-0.25, -0.2) is 0 Å². The van der Waals surface area contributed by atoms with Gasteiger partial charge in [0, 0.05) is 18.7 Å². The molecule has 0 saturated carbocycles. The van der Waals surface area contributed by atoms with E-state index in [4.69, 9.17) is 4.42 Å². The lowest BCUT2D eigenvalue weighted by atomic mass is 10.0. The summed E-state index contributed by atoms with van der Waals surface area (Å²) in [7, 11) is 0. The Morgan fingerprint density at radius 2 is 1.81 bits per heavy atom. The number of hydrogen-bond donors (Lipinski definition) is 1. The van der Waals surface area contributed by atoms with E-state index >= 15 is 0 Å². The number of pyridine rings is 1. The Morgan fingerprint density at radius 3 is 2.70 bits per heavy atom. The number of hydrogen-bond acceptors (Lipinski definition) is 3. The third-order valence-corrected chi connectivity index (χ3v) is 4.92. The zero-order valence-electron chi connectivity index (χ0n) is 15.6. The average Bonchev–Trinajstić information content (AvgIpc) is 3.27. The van der Waals surface area contributed by atoms with E-state index in [9.17, 15) is 0 Å². The second-order valence-electron chi connectivity index (χ2n) is 6.83. The molecule has 0 fully saturated rings. The van der Waals surface area contributed by atoms with Crippen LogP contribution in [0.15, 0.2) is 83.4 Å². The van der Waals surface area contributed by atoms with Crippen LogP contribution in [0.4, 0.5) is 0 Å². The fourth-order valence-corrected chi connectivity index (χ4v) is 3.47. The van der Waals surface area contributed by atoms with Crippen molar-refractivity contribution in [3.8, 4) is 22.6 Å². The Labute approximate surface area is 160 Å². The maximum absolute atomic E-state index is 5.93. The summed E-state index contributed by atoms with van der Waals surface area (Å²) in [6, 6.07) is 25.3. The largest absolute Gasteiger partial charge is 0.459 e. The first-order valence-corrected chi connectivity index (χ1v) is 9.52. The highest BCUT2D eigenvalue weighted by molar-refractivity contribution is 5.70. The molecule has 2 aromatic rings. The highest BCUT2D eigenvalue weighted by Gasteiger charge is 2.13. The highest BCUT2D eigenvalue weighted by atomic mass is 16.3. The van der Waals surface area contributed by atoms with Crippen LogP contribution >= 0.6 is 0 Å². The highest BCUT2D eigenvalue weighted by Crippen LogP contribution is 2.31. The van der Waals surface area contributed by atoms with Crippen LogP contribution in [0.5, 0.6) is 0 Å². The molecule has 136 valence electrons. The number of nitrogens with zero attached hydrogens (tertiary/aromatic N) is 1. The molecule has 4 rings (SSSR count). The number of rotatable bonds is 7. The molecular weight excluding hydrogens is 332 g/mol. The van der Waals surface area contributed by atoms with Crippen molar-refractivity contribution in [3.05, 3.63) is 90.3 Å². The van der Waals surface area contributed by atoms with Gasteiger partial charge < -0.3 is 9.73 Å². The Bertz CT molecular complexity index is 961. The van der Waals surface area contributed by atoms with Crippen molar-refractivity contribution in [3.63, 3.8) is 0 Å². The smallest absolute Gasteiger partial charge is 0.152 e. The van der Waals surface area contributed by atoms with Crippen molar-refractivity contribution in [2.75, 3.05) is 6.54 Å². The molecule has 27 heavy (non-hydrogen) atoms. The van der Waals surface area contributed by atoms with E-state index in [0.717, 1.165) is 36.6 Å². The molecule has 0 radical (unpaired) electrons. The molecule has 2 aromatic heterocycles. The number of fused-ring (bicyclic) bond motifs is 1. The molecule has 3 nitrogen and oxygen atoms in total. The van der Waals surface area contributed by atoms with Crippen LogP contribution in [-0.4, -0.2) is 11.5 Å². The van der Waals surface area contributed by atoms with Crippen LogP contribution in [0, 0.1) is 0 Å². The van der Waals surface area contributed by atoms with Gasteiger partial charge in [0.05, 0.1) is 0 Å². The van der Waals surface area contributed by atoms with Crippen molar-refractivity contribution in [1.82, 2.24) is 10.3 Å². The summed E-state index contributed by atoms with van der Waals surface area (Å²) < 4.78 is 5.93. The number of furan rings is 1. The van der Waals surface area contributed by atoms with Crippen molar-refractivity contribution < 1.29 is 4.42 Å². The summed E-state index contributed by atoms with van der Waals surface area (Å²) in [5.74, 6) is 1.85. The van der Waals surface area contributed by atoms with Crippen LogP contribution in [0.1, 0.15) is 30.7 Å². The zero-order valence-corrected chi connectivity index (χ0v) is 15.6. The Balaban J connectivity index is 1.30. The zero-order chi connectivity index (χ0) is 18.5. The molecule has 0 saturated heterocycles. The van der Waals surface area contributed by atoms with Gasteiger partial charge in [0.2, 0.25) is 0 Å². The lowest BCUT2D eigenvalue weighted by Gasteiger charge is -2.14. The van der Waals surface area contributed by atoms with Gasteiger partial charge >= 0.3 is 0 Å². The van der Waals surface area contributed by atoms with Crippen LogP contribution < -0.4 is 5.32 Å². The lowest BCUT2D eigenvalue weighted by Crippen LogP contribution is -2.20. The molecule has 0 aliphatic heterocycles. The van der Waals surface area contributed by atoms with Crippen LogP contribution in [-0.2, 0) is 6.42 Å². The van der Waals surface area contributed by atoms with Crippen molar-refractivity contribution >= 4 is 0 Å². The van der Waals surface area contributed by atoms with Gasteiger partial charge in [-0.2, -0.15) is 0 Å².